The zero-order valence-electron chi connectivity index (χ0n) is 11.8. The number of nitrogens with one attached hydrogen (secondary N) is 2. The normalized spacial score (nSPS) is 11.4. The van der Waals surface area contributed by atoms with E-state index in [4.69, 9.17) is 23.2 Å². The highest BCUT2D eigenvalue weighted by atomic mass is 35.5. The number of thiazole rings is 1. The summed E-state index contributed by atoms with van der Waals surface area (Å²) in [6.07, 6.45) is 2.83. The zero-order valence-corrected chi connectivity index (χ0v) is 14.1. The topological polar surface area (TPSA) is 66.5 Å². The molecule has 0 saturated heterocycles. The molecule has 0 atom stereocenters. The third-order valence-electron chi connectivity index (χ3n) is 3.59. The summed E-state index contributed by atoms with van der Waals surface area (Å²) < 4.78 is 0. The van der Waals surface area contributed by atoms with Crippen LogP contribution in [-0.4, -0.2) is 26.5 Å². The summed E-state index contributed by atoms with van der Waals surface area (Å²) in [5.41, 5.74) is 4.77. The van der Waals surface area contributed by atoms with Gasteiger partial charge in [0.05, 0.1) is 5.51 Å². The van der Waals surface area contributed by atoms with E-state index < -0.39 is 0 Å². The third-order valence-corrected chi connectivity index (χ3v) is 4.71. The number of anilines is 1. The van der Waals surface area contributed by atoms with Crippen LogP contribution in [0.4, 0.5) is 5.82 Å². The van der Waals surface area contributed by atoms with E-state index in [9.17, 15) is 0 Å². The molecule has 3 heterocycles. The van der Waals surface area contributed by atoms with Crippen molar-refractivity contribution in [3.8, 4) is 0 Å². The van der Waals surface area contributed by atoms with Gasteiger partial charge in [-0.15, -0.1) is 11.3 Å². The number of fused-ring (bicyclic) bond motifs is 2. The van der Waals surface area contributed by atoms with Crippen molar-refractivity contribution < 1.29 is 0 Å². The van der Waals surface area contributed by atoms with Crippen molar-refractivity contribution in [2.75, 3.05) is 11.9 Å². The van der Waals surface area contributed by atoms with Gasteiger partial charge in [0.25, 0.3) is 0 Å². The van der Waals surface area contributed by atoms with E-state index >= 15 is 0 Å². The maximum absolute atomic E-state index is 6.08. The second-order valence-electron chi connectivity index (χ2n) is 5.03. The van der Waals surface area contributed by atoms with Crippen molar-refractivity contribution in [2.45, 2.75) is 6.42 Å². The Kier molecular flexibility index (Phi) is 3.80. The molecular weight excluding hydrogens is 353 g/mol. The fourth-order valence-corrected chi connectivity index (χ4v) is 3.58. The molecule has 0 unspecified atom stereocenters. The van der Waals surface area contributed by atoms with Crippen molar-refractivity contribution >= 4 is 61.6 Å². The molecular formula is C15H11Cl2N5S. The van der Waals surface area contributed by atoms with Crippen LogP contribution in [0.25, 0.3) is 21.3 Å². The molecule has 0 amide bonds. The van der Waals surface area contributed by atoms with Crippen LogP contribution in [0.5, 0.6) is 0 Å². The van der Waals surface area contributed by atoms with E-state index in [2.05, 4.69) is 25.3 Å². The molecule has 0 saturated carbocycles. The molecule has 4 aromatic rings. The van der Waals surface area contributed by atoms with E-state index in [0.29, 0.717) is 12.4 Å². The second-order valence-corrected chi connectivity index (χ2v) is 6.64. The third kappa shape index (κ3) is 2.85. The lowest BCUT2D eigenvalue weighted by molar-refractivity contribution is 1.01. The lowest BCUT2D eigenvalue weighted by Crippen LogP contribution is -2.07. The Labute approximate surface area is 145 Å². The lowest BCUT2D eigenvalue weighted by atomic mass is 10.1. The van der Waals surface area contributed by atoms with Crippen LogP contribution in [0.15, 0.2) is 29.9 Å². The summed E-state index contributed by atoms with van der Waals surface area (Å²) in [4.78, 5) is 16.7. The highest BCUT2D eigenvalue weighted by Crippen LogP contribution is 2.25. The molecule has 0 aliphatic carbocycles. The van der Waals surface area contributed by atoms with Crippen LogP contribution >= 0.6 is 34.5 Å². The van der Waals surface area contributed by atoms with Gasteiger partial charge in [-0.2, -0.15) is 4.98 Å². The number of H-pyrrole nitrogens is 1. The van der Waals surface area contributed by atoms with Crippen LogP contribution in [0, 0.1) is 0 Å². The molecule has 0 bridgehead atoms. The highest BCUT2D eigenvalue weighted by molar-refractivity contribution is 7.16. The van der Waals surface area contributed by atoms with Crippen molar-refractivity contribution in [1.29, 1.82) is 0 Å². The van der Waals surface area contributed by atoms with Crippen molar-refractivity contribution in [3.63, 3.8) is 0 Å². The number of hydrogen-bond acceptors (Lipinski definition) is 5. The Hall–Kier alpha value is -1.89. The molecule has 116 valence electrons. The molecule has 0 aliphatic heterocycles. The number of benzene rings is 1. The predicted molar refractivity (Wildman–Crippen MR) is 95.7 cm³/mol. The lowest BCUT2D eigenvalue weighted by Gasteiger charge is -2.06. The highest BCUT2D eigenvalue weighted by Gasteiger charge is 2.10. The minimum Gasteiger partial charge on any atom is -0.368 e. The van der Waals surface area contributed by atoms with Crippen LogP contribution in [0.3, 0.4) is 0 Å². The van der Waals surface area contributed by atoms with Crippen LogP contribution in [0.1, 0.15) is 5.56 Å². The first kappa shape index (κ1) is 14.7. The van der Waals surface area contributed by atoms with Crippen molar-refractivity contribution in [3.05, 3.63) is 45.8 Å². The Morgan fingerprint density at radius 3 is 3.04 bits per heavy atom. The van der Waals surface area contributed by atoms with Gasteiger partial charge in [0.1, 0.15) is 5.52 Å². The van der Waals surface area contributed by atoms with E-state index in [-0.39, 0.29) is 5.28 Å². The summed E-state index contributed by atoms with van der Waals surface area (Å²) in [5, 5.41) is 5.39. The standard InChI is InChI=1S/C15H11Cl2N5S/c16-9-1-2-11-10(5-9)8(6-19-11)3-4-18-13-12-14(23-7-20-12)22-15(17)21-13/h1-2,5-7,19H,3-4H2,(H,18,21,22). The molecule has 4 rings (SSSR count). The largest absolute Gasteiger partial charge is 0.368 e. The maximum Gasteiger partial charge on any atom is 0.225 e. The SMILES string of the molecule is Clc1ccc2[nH]cc(CCNc3nc(Cl)nc4scnc34)c2c1. The smallest absolute Gasteiger partial charge is 0.225 e. The van der Waals surface area contributed by atoms with E-state index in [1.165, 1.54) is 16.9 Å². The first-order valence-corrected chi connectivity index (χ1v) is 8.60. The number of hydrogen-bond donors (Lipinski definition) is 2. The number of nitrogens with zero attached hydrogens (tertiary/aromatic N) is 3. The monoisotopic (exact) mass is 363 g/mol. The van der Waals surface area contributed by atoms with Gasteiger partial charge in [-0.3, -0.25) is 0 Å². The van der Waals surface area contributed by atoms with Gasteiger partial charge >= 0.3 is 0 Å². The van der Waals surface area contributed by atoms with Crippen LogP contribution < -0.4 is 5.32 Å². The molecule has 2 N–H and O–H groups in total. The van der Waals surface area contributed by atoms with Crippen LogP contribution in [-0.2, 0) is 6.42 Å². The number of halogens is 2. The summed E-state index contributed by atoms with van der Waals surface area (Å²) in [5.74, 6) is 0.666. The Balaban J connectivity index is 1.54. The van der Waals surface area contributed by atoms with E-state index in [0.717, 1.165) is 32.7 Å². The van der Waals surface area contributed by atoms with Gasteiger partial charge in [0.15, 0.2) is 10.6 Å². The average molecular weight is 364 g/mol. The average Bonchev–Trinajstić information content (AvgIpc) is 3.14. The Morgan fingerprint density at radius 2 is 2.13 bits per heavy atom. The minimum atomic E-state index is 0.225. The molecule has 0 aliphatic rings. The molecule has 0 radical (unpaired) electrons. The molecule has 5 nitrogen and oxygen atoms in total. The van der Waals surface area contributed by atoms with Gasteiger partial charge in [-0.1, -0.05) is 11.6 Å². The molecule has 3 aromatic heterocycles. The fraction of sp³-hybridized carbons (Fsp3) is 0.133. The maximum atomic E-state index is 6.08. The molecule has 23 heavy (non-hydrogen) atoms. The first-order chi connectivity index (χ1) is 11.2. The summed E-state index contributed by atoms with van der Waals surface area (Å²) in [6.45, 7) is 0.708. The van der Waals surface area contributed by atoms with Gasteiger partial charge in [0, 0.05) is 28.7 Å². The van der Waals surface area contributed by atoms with Gasteiger partial charge < -0.3 is 10.3 Å². The molecule has 1 aromatic carbocycles. The summed E-state index contributed by atoms with van der Waals surface area (Å²) in [6, 6.07) is 5.84. The summed E-state index contributed by atoms with van der Waals surface area (Å²) >= 11 is 13.5. The minimum absolute atomic E-state index is 0.225. The van der Waals surface area contributed by atoms with Gasteiger partial charge in [-0.25, -0.2) is 9.97 Å². The quantitative estimate of drug-likeness (QED) is 0.522. The molecule has 0 fully saturated rings. The zero-order chi connectivity index (χ0) is 15.8. The number of aromatic nitrogens is 4. The number of aromatic amines is 1. The van der Waals surface area contributed by atoms with Gasteiger partial charge in [-0.05, 0) is 41.8 Å². The van der Waals surface area contributed by atoms with Crippen LogP contribution in [0.2, 0.25) is 10.3 Å². The fourth-order valence-electron chi connectivity index (χ4n) is 2.53. The molecule has 8 heteroatoms. The van der Waals surface area contributed by atoms with Crippen molar-refractivity contribution in [1.82, 2.24) is 19.9 Å². The van der Waals surface area contributed by atoms with Gasteiger partial charge in [0.2, 0.25) is 5.28 Å². The Morgan fingerprint density at radius 1 is 1.22 bits per heavy atom. The Bertz CT molecular complexity index is 994. The van der Waals surface area contributed by atoms with E-state index in [1.807, 2.05) is 24.4 Å². The van der Waals surface area contributed by atoms with E-state index in [1.54, 1.807) is 5.51 Å². The first-order valence-electron chi connectivity index (χ1n) is 6.97. The van der Waals surface area contributed by atoms with Crippen molar-refractivity contribution in [2.24, 2.45) is 0 Å². The number of rotatable bonds is 4. The molecule has 0 spiro atoms. The predicted octanol–water partition coefficient (Wildman–Crippen LogP) is 4.53. The summed E-state index contributed by atoms with van der Waals surface area (Å²) in [7, 11) is 0. The second kappa shape index (κ2) is 5.96.